The molecule has 0 saturated carbocycles. The molecule has 1 N–H and O–H groups in total. The fraction of sp³-hybridized carbons (Fsp3) is 0.294. The van der Waals surface area contributed by atoms with Crippen LogP contribution in [0.25, 0.3) is 0 Å². The molecule has 1 atom stereocenters. The zero-order valence-electron chi connectivity index (χ0n) is 12.5. The number of ether oxygens (including phenoxy) is 2. The summed E-state index contributed by atoms with van der Waals surface area (Å²) in [5, 5.41) is 3.40. The van der Waals surface area contributed by atoms with Gasteiger partial charge >= 0.3 is 0 Å². The Kier molecular flexibility index (Phi) is 5.17. The molecule has 0 heterocycles. The van der Waals surface area contributed by atoms with Gasteiger partial charge in [0, 0.05) is 5.56 Å². The van der Waals surface area contributed by atoms with Crippen molar-refractivity contribution in [3.8, 4) is 11.5 Å². The minimum absolute atomic E-state index is 0.0827. The Hall–Kier alpha value is -2.07. The second kappa shape index (κ2) is 7.09. The first-order valence-electron chi connectivity index (χ1n) is 6.91. The molecule has 0 fully saturated rings. The molecule has 2 rings (SSSR count). The van der Waals surface area contributed by atoms with Crippen LogP contribution >= 0.6 is 0 Å². The van der Waals surface area contributed by atoms with Crippen molar-refractivity contribution in [3.63, 3.8) is 0 Å². The minimum atomic E-state index is -0.364. The van der Waals surface area contributed by atoms with Crippen LogP contribution in [0.3, 0.4) is 0 Å². The van der Waals surface area contributed by atoms with E-state index in [0.29, 0.717) is 0 Å². The Bertz CT molecular complexity index is 601. The van der Waals surface area contributed by atoms with Crippen LogP contribution in [0.15, 0.2) is 42.5 Å². The van der Waals surface area contributed by atoms with Gasteiger partial charge in [-0.1, -0.05) is 31.2 Å². The Morgan fingerprint density at radius 3 is 2.43 bits per heavy atom. The first kappa shape index (κ1) is 15.3. The molecule has 4 heteroatoms. The predicted molar refractivity (Wildman–Crippen MR) is 81.5 cm³/mol. The largest absolute Gasteiger partial charge is 0.496 e. The number of halogens is 1. The molecule has 21 heavy (non-hydrogen) atoms. The molecule has 0 aliphatic carbocycles. The summed E-state index contributed by atoms with van der Waals surface area (Å²) >= 11 is 0. The third-order valence-corrected chi connectivity index (χ3v) is 3.37. The summed E-state index contributed by atoms with van der Waals surface area (Å²) in [4.78, 5) is 0. The molecule has 0 radical (unpaired) electrons. The SMILES string of the molecule is CCNC(c1ccc(F)c(OC)c1)c1ccccc1OC. The molecular weight excluding hydrogens is 269 g/mol. The Morgan fingerprint density at radius 2 is 1.76 bits per heavy atom. The van der Waals surface area contributed by atoms with Gasteiger partial charge < -0.3 is 14.8 Å². The van der Waals surface area contributed by atoms with E-state index in [9.17, 15) is 4.39 Å². The van der Waals surface area contributed by atoms with Crippen LogP contribution < -0.4 is 14.8 Å². The molecule has 0 aliphatic rings. The standard InChI is InChI=1S/C17H20FNO2/c1-4-19-17(13-7-5-6-8-15(13)20-2)12-9-10-14(18)16(11-12)21-3/h5-11,17,19H,4H2,1-3H3. The van der Waals surface area contributed by atoms with Crippen molar-refractivity contribution >= 4 is 0 Å². The van der Waals surface area contributed by atoms with Crippen molar-refractivity contribution in [2.45, 2.75) is 13.0 Å². The van der Waals surface area contributed by atoms with E-state index in [1.807, 2.05) is 31.2 Å². The molecule has 0 amide bonds. The molecule has 0 bridgehead atoms. The van der Waals surface area contributed by atoms with Crippen LogP contribution in [0.1, 0.15) is 24.1 Å². The first-order chi connectivity index (χ1) is 10.2. The summed E-state index contributed by atoms with van der Waals surface area (Å²) < 4.78 is 24.1. The highest BCUT2D eigenvalue weighted by atomic mass is 19.1. The lowest BCUT2D eigenvalue weighted by molar-refractivity contribution is 0.384. The third-order valence-electron chi connectivity index (χ3n) is 3.37. The molecule has 0 saturated heterocycles. The molecule has 0 aliphatic heterocycles. The van der Waals surface area contributed by atoms with Gasteiger partial charge in [-0.05, 0) is 30.3 Å². The average molecular weight is 289 g/mol. The number of nitrogens with one attached hydrogen (secondary N) is 1. The summed E-state index contributed by atoms with van der Waals surface area (Å²) in [7, 11) is 3.11. The van der Waals surface area contributed by atoms with Gasteiger partial charge in [0.05, 0.1) is 20.3 Å². The quantitative estimate of drug-likeness (QED) is 0.882. The molecule has 0 aromatic heterocycles. The van der Waals surface area contributed by atoms with E-state index < -0.39 is 0 Å². The summed E-state index contributed by atoms with van der Waals surface area (Å²) in [5.41, 5.74) is 1.94. The van der Waals surface area contributed by atoms with E-state index in [0.717, 1.165) is 23.4 Å². The lowest BCUT2D eigenvalue weighted by atomic mass is 9.97. The summed E-state index contributed by atoms with van der Waals surface area (Å²) in [6, 6.07) is 12.6. The van der Waals surface area contributed by atoms with E-state index in [4.69, 9.17) is 9.47 Å². The van der Waals surface area contributed by atoms with Gasteiger partial charge in [0.25, 0.3) is 0 Å². The maximum atomic E-state index is 13.6. The van der Waals surface area contributed by atoms with Gasteiger partial charge in [-0.25, -0.2) is 4.39 Å². The van der Waals surface area contributed by atoms with Crippen molar-refractivity contribution in [3.05, 3.63) is 59.4 Å². The van der Waals surface area contributed by atoms with Gasteiger partial charge in [0.2, 0.25) is 0 Å². The normalized spacial score (nSPS) is 12.0. The molecule has 1 unspecified atom stereocenters. The smallest absolute Gasteiger partial charge is 0.165 e. The highest BCUT2D eigenvalue weighted by molar-refractivity contribution is 5.43. The number of methoxy groups -OCH3 is 2. The van der Waals surface area contributed by atoms with Crippen LogP contribution in [0, 0.1) is 5.82 Å². The molecule has 3 nitrogen and oxygen atoms in total. The highest BCUT2D eigenvalue weighted by Gasteiger charge is 2.18. The molecular formula is C17H20FNO2. The maximum Gasteiger partial charge on any atom is 0.165 e. The van der Waals surface area contributed by atoms with Crippen LogP contribution in [0.4, 0.5) is 4.39 Å². The number of para-hydroxylation sites is 1. The Labute approximate surface area is 124 Å². The number of hydrogen-bond donors (Lipinski definition) is 1. The number of hydrogen-bond acceptors (Lipinski definition) is 3. The van der Waals surface area contributed by atoms with Crippen molar-refractivity contribution in [1.82, 2.24) is 5.32 Å². The van der Waals surface area contributed by atoms with Gasteiger partial charge in [-0.3, -0.25) is 0 Å². The second-order valence-corrected chi connectivity index (χ2v) is 4.63. The lowest BCUT2D eigenvalue weighted by Gasteiger charge is -2.21. The maximum absolute atomic E-state index is 13.6. The van der Waals surface area contributed by atoms with Gasteiger partial charge in [0.1, 0.15) is 5.75 Å². The van der Waals surface area contributed by atoms with E-state index in [1.165, 1.54) is 13.2 Å². The van der Waals surface area contributed by atoms with Crippen molar-refractivity contribution in [2.75, 3.05) is 20.8 Å². The Balaban J connectivity index is 2.48. The highest BCUT2D eigenvalue weighted by Crippen LogP contribution is 2.32. The minimum Gasteiger partial charge on any atom is -0.496 e. The van der Waals surface area contributed by atoms with Crippen molar-refractivity contribution < 1.29 is 13.9 Å². The molecule has 0 spiro atoms. The van der Waals surface area contributed by atoms with Crippen molar-refractivity contribution in [2.24, 2.45) is 0 Å². The van der Waals surface area contributed by atoms with Crippen LogP contribution in [0.5, 0.6) is 11.5 Å². The average Bonchev–Trinajstić information content (AvgIpc) is 2.53. The van der Waals surface area contributed by atoms with Crippen LogP contribution in [0.2, 0.25) is 0 Å². The third kappa shape index (κ3) is 3.34. The van der Waals surface area contributed by atoms with Gasteiger partial charge in [-0.15, -0.1) is 0 Å². The lowest BCUT2D eigenvalue weighted by Crippen LogP contribution is -2.22. The zero-order chi connectivity index (χ0) is 15.2. The number of benzene rings is 2. The fourth-order valence-electron chi connectivity index (χ4n) is 2.37. The fourth-order valence-corrected chi connectivity index (χ4v) is 2.37. The first-order valence-corrected chi connectivity index (χ1v) is 6.91. The van der Waals surface area contributed by atoms with E-state index in [1.54, 1.807) is 19.2 Å². The van der Waals surface area contributed by atoms with E-state index in [-0.39, 0.29) is 17.6 Å². The topological polar surface area (TPSA) is 30.5 Å². The Morgan fingerprint density at radius 1 is 1.05 bits per heavy atom. The van der Waals surface area contributed by atoms with Crippen LogP contribution in [-0.4, -0.2) is 20.8 Å². The van der Waals surface area contributed by atoms with Gasteiger partial charge in [0.15, 0.2) is 11.6 Å². The summed E-state index contributed by atoms with van der Waals surface area (Å²) in [6.07, 6.45) is 0. The van der Waals surface area contributed by atoms with Crippen molar-refractivity contribution in [1.29, 1.82) is 0 Å². The second-order valence-electron chi connectivity index (χ2n) is 4.63. The molecule has 2 aromatic carbocycles. The summed E-state index contributed by atoms with van der Waals surface area (Å²) in [5.74, 6) is 0.675. The van der Waals surface area contributed by atoms with E-state index in [2.05, 4.69) is 5.32 Å². The predicted octanol–water partition coefficient (Wildman–Crippen LogP) is 3.54. The monoisotopic (exact) mass is 289 g/mol. The van der Waals surface area contributed by atoms with E-state index >= 15 is 0 Å². The molecule has 112 valence electrons. The molecule has 2 aromatic rings. The van der Waals surface area contributed by atoms with Gasteiger partial charge in [-0.2, -0.15) is 0 Å². The van der Waals surface area contributed by atoms with Crippen LogP contribution in [-0.2, 0) is 0 Å². The zero-order valence-corrected chi connectivity index (χ0v) is 12.5. The number of rotatable bonds is 6. The summed E-state index contributed by atoms with van der Waals surface area (Å²) in [6.45, 7) is 2.81.